The third-order valence-electron chi connectivity index (χ3n) is 2.11. The van der Waals surface area contributed by atoms with E-state index in [0.29, 0.717) is 0 Å². The van der Waals surface area contributed by atoms with Crippen LogP contribution in [0.5, 0.6) is 0 Å². The second kappa shape index (κ2) is 6.48. The molecule has 0 aliphatic carbocycles. The van der Waals surface area contributed by atoms with Crippen LogP contribution in [-0.2, 0) is 4.74 Å². The summed E-state index contributed by atoms with van der Waals surface area (Å²) >= 11 is 0. The molecule has 19 heavy (non-hydrogen) atoms. The van der Waals surface area contributed by atoms with Crippen LogP contribution < -0.4 is 5.32 Å². The molecule has 0 saturated heterocycles. The van der Waals surface area contributed by atoms with Gasteiger partial charge in [0, 0.05) is 5.56 Å². The van der Waals surface area contributed by atoms with Crippen LogP contribution >= 0.6 is 0 Å². The molecule has 1 aromatic carbocycles. The highest BCUT2D eigenvalue weighted by Gasteiger charge is 2.22. The minimum Gasteiger partial charge on any atom is -0.478 e. The van der Waals surface area contributed by atoms with E-state index in [0.717, 1.165) is 6.07 Å². The lowest BCUT2D eigenvalue weighted by Crippen LogP contribution is -2.17. The van der Waals surface area contributed by atoms with E-state index >= 15 is 0 Å². The van der Waals surface area contributed by atoms with Crippen LogP contribution in [0.15, 0.2) is 30.9 Å². The smallest absolute Gasteiger partial charge is 0.411 e. The Morgan fingerprint density at radius 2 is 2.16 bits per heavy atom. The molecule has 0 atom stereocenters. The van der Waals surface area contributed by atoms with Gasteiger partial charge in [-0.25, -0.2) is 18.4 Å². The number of carboxylic acid groups (broad SMARTS) is 1. The predicted molar refractivity (Wildman–Crippen MR) is 63.5 cm³/mol. The average Bonchev–Trinajstić information content (AvgIpc) is 2.35. The maximum absolute atomic E-state index is 12.7. The number of hydrogen-bond acceptors (Lipinski definition) is 3. The van der Waals surface area contributed by atoms with Gasteiger partial charge in [0.25, 0.3) is 6.43 Å². The first-order valence-corrected chi connectivity index (χ1v) is 5.16. The summed E-state index contributed by atoms with van der Waals surface area (Å²) in [7, 11) is 0. The molecule has 0 bridgehead atoms. The molecule has 1 rings (SSSR count). The van der Waals surface area contributed by atoms with E-state index in [9.17, 15) is 18.4 Å². The molecule has 0 aliphatic rings. The molecule has 0 saturated carbocycles. The molecule has 1 aromatic rings. The third-order valence-corrected chi connectivity index (χ3v) is 2.11. The normalized spacial score (nSPS) is 10.1. The summed E-state index contributed by atoms with van der Waals surface area (Å²) in [6.45, 7) is 3.24. The molecule has 0 unspecified atom stereocenters. The number of aromatic carboxylic acids is 1. The third kappa shape index (κ3) is 3.77. The summed E-state index contributed by atoms with van der Waals surface area (Å²) in [5.41, 5.74) is -1.58. The summed E-state index contributed by atoms with van der Waals surface area (Å²) in [6, 6.07) is 3.40. The Bertz CT molecular complexity index is 503. The van der Waals surface area contributed by atoms with E-state index in [2.05, 4.69) is 16.6 Å². The molecule has 0 aromatic heterocycles. The monoisotopic (exact) mass is 271 g/mol. The van der Waals surface area contributed by atoms with E-state index in [1.54, 1.807) is 0 Å². The first kappa shape index (κ1) is 14.6. The van der Waals surface area contributed by atoms with Crippen molar-refractivity contribution in [3.05, 3.63) is 42.0 Å². The van der Waals surface area contributed by atoms with Crippen molar-refractivity contribution in [3.63, 3.8) is 0 Å². The fourth-order valence-corrected chi connectivity index (χ4v) is 1.38. The van der Waals surface area contributed by atoms with Gasteiger partial charge in [0.1, 0.15) is 6.61 Å². The molecular formula is C12H11F2NO4. The van der Waals surface area contributed by atoms with Gasteiger partial charge in [0.2, 0.25) is 0 Å². The minimum atomic E-state index is -2.96. The Labute approximate surface area is 107 Å². The number of hydrogen-bond donors (Lipinski definition) is 2. The highest BCUT2D eigenvalue weighted by atomic mass is 19.3. The van der Waals surface area contributed by atoms with Crippen molar-refractivity contribution < 1.29 is 28.2 Å². The number of ether oxygens (including phenoxy) is 1. The lowest BCUT2D eigenvalue weighted by Gasteiger charge is -2.11. The van der Waals surface area contributed by atoms with Crippen LogP contribution in [-0.4, -0.2) is 23.8 Å². The lowest BCUT2D eigenvalue weighted by atomic mass is 10.1. The molecular weight excluding hydrogens is 260 g/mol. The number of carbonyl (C=O) groups excluding carboxylic acids is 1. The van der Waals surface area contributed by atoms with E-state index in [4.69, 9.17) is 5.11 Å². The second-order valence-electron chi connectivity index (χ2n) is 3.39. The number of amides is 1. The Balaban J connectivity index is 3.06. The van der Waals surface area contributed by atoms with Crippen molar-refractivity contribution in [3.8, 4) is 0 Å². The zero-order chi connectivity index (χ0) is 14.4. The van der Waals surface area contributed by atoms with Crippen LogP contribution in [0, 0.1) is 0 Å². The maximum atomic E-state index is 12.7. The zero-order valence-corrected chi connectivity index (χ0v) is 9.73. The molecule has 0 heterocycles. The van der Waals surface area contributed by atoms with Gasteiger partial charge < -0.3 is 9.84 Å². The molecule has 0 radical (unpaired) electrons. The van der Waals surface area contributed by atoms with Crippen molar-refractivity contribution in [2.75, 3.05) is 11.9 Å². The average molecular weight is 271 g/mol. The number of rotatable bonds is 5. The molecule has 2 N–H and O–H groups in total. The number of carboxylic acids is 1. The summed E-state index contributed by atoms with van der Waals surface area (Å²) in [4.78, 5) is 22.3. The van der Waals surface area contributed by atoms with E-state index in [-0.39, 0.29) is 12.3 Å². The highest BCUT2D eigenvalue weighted by Crippen LogP contribution is 2.28. The number of anilines is 1. The Morgan fingerprint density at radius 3 is 2.68 bits per heavy atom. The summed E-state index contributed by atoms with van der Waals surface area (Å²) < 4.78 is 30.0. The standard InChI is InChI=1S/C12H11F2NO4/c1-2-6-19-12(18)15-8-5-3-4-7(10(13)14)9(8)11(16)17/h2-5,10H,1,6H2,(H,15,18)(H,16,17). The van der Waals surface area contributed by atoms with Crippen LogP contribution in [0.1, 0.15) is 22.3 Å². The fourth-order valence-electron chi connectivity index (χ4n) is 1.38. The molecule has 102 valence electrons. The van der Waals surface area contributed by atoms with Gasteiger partial charge in [-0.1, -0.05) is 24.8 Å². The van der Waals surface area contributed by atoms with Crippen molar-refractivity contribution in [1.29, 1.82) is 0 Å². The van der Waals surface area contributed by atoms with Gasteiger partial charge in [-0.3, -0.25) is 5.32 Å². The van der Waals surface area contributed by atoms with Crippen LogP contribution in [0.3, 0.4) is 0 Å². The Kier molecular flexibility index (Phi) is 4.99. The summed E-state index contributed by atoms with van der Waals surface area (Å²) in [6.07, 6.45) is -2.60. The van der Waals surface area contributed by atoms with Gasteiger partial charge >= 0.3 is 12.1 Å². The molecule has 0 fully saturated rings. The number of halogens is 2. The topological polar surface area (TPSA) is 75.6 Å². The maximum Gasteiger partial charge on any atom is 0.411 e. The minimum absolute atomic E-state index is 0.0806. The van der Waals surface area contributed by atoms with Crippen molar-refractivity contribution >= 4 is 17.7 Å². The van der Waals surface area contributed by atoms with Crippen LogP contribution in [0.25, 0.3) is 0 Å². The summed E-state index contributed by atoms with van der Waals surface area (Å²) in [5.74, 6) is -1.56. The molecule has 0 aliphatic heterocycles. The lowest BCUT2D eigenvalue weighted by molar-refractivity contribution is 0.0686. The number of carbonyl (C=O) groups is 2. The van der Waals surface area contributed by atoms with Crippen molar-refractivity contribution in [2.24, 2.45) is 0 Å². The first-order chi connectivity index (χ1) is 8.97. The molecule has 5 nitrogen and oxygen atoms in total. The SMILES string of the molecule is C=CCOC(=O)Nc1cccc(C(F)F)c1C(=O)O. The molecule has 0 spiro atoms. The van der Waals surface area contributed by atoms with E-state index in [1.807, 2.05) is 0 Å². The van der Waals surface area contributed by atoms with Gasteiger partial charge in [-0.2, -0.15) is 0 Å². The summed E-state index contributed by atoms with van der Waals surface area (Å²) in [5, 5.41) is 11.0. The number of benzene rings is 1. The largest absolute Gasteiger partial charge is 0.478 e. The van der Waals surface area contributed by atoms with Gasteiger partial charge in [0.05, 0.1) is 11.3 Å². The fraction of sp³-hybridized carbons (Fsp3) is 0.167. The zero-order valence-electron chi connectivity index (χ0n) is 9.73. The van der Waals surface area contributed by atoms with E-state index in [1.165, 1.54) is 18.2 Å². The number of nitrogens with one attached hydrogen (secondary N) is 1. The molecule has 1 amide bonds. The Hall–Kier alpha value is -2.44. The van der Waals surface area contributed by atoms with Gasteiger partial charge in [-0.15, -0.1) is 0 Å². The Morgan fingerprint density at radius 1 is 1.47 bits per heavy atom. The van der Waals surface area contributed by atoms with Gasteiger partial charge in [0.15, 0.2) is 0 Å². The predicted octanol–water partition coefficient (Wildman–Crippen LogP) is 3.06. The quantitative estimate of drug-likeness (QED) is 0.807. The number of alkyl halides is 2. The molecule has 7 heteroatoms. The highest BCUT2D eigenvalue weighted by molar-refractivity contribution is 6.00. The van der Waals surface area contributed by atoms with Crippen LogP contribution in [0.4, 0.5) is 19.3 Å². The second-order valence-corrected chi connectivity index (χ2v) is 3.39. The van der Waals surface area contributed by atoms with E-state index < -0.39 is 29.6 Å². The van der Waals surface area contributed by atoms with Gasteiger partial charge in [-0.05, 0) is 6.07 Å². The van der Waals surface area contributed by atoms with Crippen molar-refractivity contribution in [1.82, 2.24) is 0 Å². The van der Waals surface area contributed by atoms with Crippen molar-refractivity contribution in [2.45, 2.75) is 6.43 Å². The first-order valence-electron chi connectivity index (χ1n) is 5.16. The van der Waals surface area contributed by atoms with Crippen LogP contribution in [0.2, 0.25) is 0 Å².